The van der Waals surface area contributed by atoms with Crippen LogP contribution in [0.2, 0.25) is 0 Å². The van der Waals surface area contributed by atoms with Crippen LogP contribution in [0.3, 0.4) is 0 Å². The SMILES string of the molecule is NC(=O)C1(NC2CCN(c3ccccc3F)CC2)CCCCC1. The van der Waals surface area contributed by atoms with Crippen LogP contribution in [0.5, 0.6) is 0 Å². The zero-order valence-electron chi connectivity index (χ0n) is 13.6. The summed E-state index contributed by atoms with van der Waals surface area (Å²) in [6.45, 7) is 1.60. The van der Waals surface area contributed by atoms with E-state index >= 15 is 0 Å². The highest BCUT2D eigenvalue weighted by atomic mass is 19.1. The normalized spacial score (nSPS) is 22.0. The number of nitrogens with two attached hydrogens (primary N) is 1. The van der Waals surface area contributed by atoms with Crippen LogP contribution in [0.25, 0.3) is 0 Å². The number of piperidine rings is 1. The van der Waals surface area contributed by atoms with Gasteiger partial charge in [0, 0.05) is 19.1 Å². The van der Waals surface area contributed by atoms with Gasteiger partial charge in [-0.3, -0.25) is 4.79 Å². The minimum absolute atomic E-state index is 0.167. The first-order valence-corrected chi connectivity index (χ1v) is 8.68. The number of para-hydroxylation sites is 1. The summed E-state index contributed by atoms with van der Waals surface area (Å²) in [6.07, 6.45) is 6.80. The lowest BCUT2D eigenvalue weighted by molar-refractivity contribution is -0.126. The second-order valence-corrected chi connectivity index (χ2v) is 6.86. The molecule has 0 spiro atoms. The number of anilines is 1. The highest BCUT2D eigenvalue weighted by Crippen LogP contribution is 2.30. The van der Waals surface area contributed by atoms with Gasteiger partial charge in [-0.2, -0.15) is 0 Å². The molecular formula is C18H26FN3O. The van der Waals surface area contributed by atoms with Crippen molar-refractivity contribution in [2.45, 2.75) is 56.5 Å². The van der Waals surface area contributed by atoms with Crippen molar-refractivity contribution >= 4 is 11.6 Å². The third-order valence-electron chi connectivity index (χ3n) is 5.35. The van der Waals surface area contributed by atoms with Crippen molar-refractivity contribution in [3.05, 3.63) is 30.1 Å². The summed E-state index contributed by atoms with van der Waals surface area (Å²) in [7, 11) is 0. The van der Waals surface area contributed by atoms with Gasteiger partial charge in [-0.15, -0.1) is 0 Å². The van der Waals surface area contributed by atoms with E-state index in [9.17, 15) is 9.18 Å². The Morgan fingerprint density at radius 2 is 1.83 bits per heavy atom. The van der Waals surface area contributed by atoms with Crippen LogP contribution in [-0.2, 0) is 4.79 Å². The topological polar surface area (TPSA) is 58.4 Å². The molecule has 1 amide bonds. The standard InChI is InChI=1S/C18H26FN3O/c19-15-6-2-3-7-16(15)22-12-8-14(9-13-22)21-18(17(20)23)10-4-1-5-11-18/h2-3,6-7,14,21H,1,4-5,8-13H2,(H2,20,23). The van der Waals surface area contributed by atoms with Gasteiger partial charge in [0.15, 0.2) is 0 Å². The highest BCUT2D eigenvalue weighted by molar-refractivity contribution is 5.84. The summed E-state index contributed by atoms with van der Waals surface area (Å²) >= 11 is 0. The minimum atomic E-state index is -0.525. The minimum Gasteiger partial charge on any atom is -0.369 e. The number of carbonyl (C=O) groups excluding carboxylic acids is 1. The van der Waals surface area contributed by atoms with Crippen LogP contribution >= 0.6 is 0 Å². The summed E-state index contributed by atoms with van der Waals surface area (Å²) in [5.74, 6) is -0.381. The van der Waals surface area contributed by atoms with Gasteiger partial charge in [0.2, 0.25) is 5.91 Å². The molecule has 0 unspecified atom stereocenters. The first-order valence-electron chi connectivity index (χ1n) is 8.68. The van der Waals surface area contributed by atoms with Crippen molar-refractivity contribution in [2.24, 2.45) is 5.73 Å². The number of amides is 1. The maximum atomic E-state index is 13.9. The summed E-state index contributed by atoms with van der Waals surface area (Å²) in [5.41, 5.74) is 5.85. The second kappa shape index (κ2) is 6.87. The van der Waals surface area contributed by atoms with Gasteiger partial charge < -0.3 is 16.0 Å². The predicted octanol–water partition coefficient (Wildman–Crippen LogP) is 2.57. The molecule has 0 bridgehead atoms. The van der Waals surface area contributed by atoms with Crippen LogP contribution in [0.15, 0.2) is 24.3 Å². The molecule has 23 heavy (non-hydrogen) atoms. The molecule has 126 valence electrons. The van der Waals surface area contributed by atoms with Gasteiger partial charge in [0.1, 0.15) is 5.82 Å². The van der Waals surface area contributed by atoms with E-state index in [1.807, 2.05) is 12.1 Å². The molecule has 3 rings (SSSR count). The molecule has 5 heteroatoms. The number of nitrogens with zero attached hydrogens (tertiary/aromatic N) is 1. The molecule has 1 saturated heterocycles. The number of hydrogen-bond donors (Lipinski definition) is 2. The van der Waals surface area contributed by atoms with Crippen molar-refractivity contribution in [1.82, 2.24) is 5.32 Å². The van der Waals surface area contributed by atoms with E-state index in [4.69, 9.17) is 5.73 Å². The van der Waals surface area contributed by atoms with Gasteiger partial charge in [-0.25, -0.2) is 4.39 Å². The van der Waals surface area contributed by atoms with Crippen LogP contribution in [-0.4, -0.2) is 30.6 Å². The van der Waals surface area contributed by atoms with E-state index in [1.165, 1.54) is 12.5 Å². The van der Waals surface area contributed by atoms with Crippen LogP contribution in [0.1, 0.15) is 44.9 Å². The van der Waals surface area contributed by atoms with Gasteiger partial charge in [0.25, 0.3) is 0 Å². The first kappa shape index (κ1) is 16.2. The zero-order valence-corrected chi connectivity index (χ0v) is 13.6. The number of hydrogen-bond acceptors (Lipinski definition) is 3. The maximum absolute atomic E-state index is 13.9. The Morgan fingerprint density at radius 3 is 2.43 bits per heavy atom. The molecule has 2 aliphatic rings. The Hall–Kier alpha value is -1.62. The van der Waals surface area contributed by atoms with Crippen molar-refractivity contribution < 1.29 is 9.18 Å². The molecule has 1 aromatic carbocycles. The van der Waals surface area contributed by atoms with Crippen molar-refractivity contribution in [3.8, 4) is 0 Å². The summed E-state index contributed by atoms with van der Waals surface area (Å²) in [5, 5.41) is 3.56. The van der Waals surface area contributed by atoms with Gasteiger partial charge in [0.05, 0.1) is 11.2 Å². The molecule has 1 aliphatic carbocycles. The molecule has 0 atom stereocenters. The van der Waals surface area contributed by atoms with Gasteiger partial charge >= 0.3 is 0 Å². The summed E-state index contributed by atoms with van der Waals surface area (Å²) in [4.78, 5) is 14.1. The van der Waals surface area contributed by atoms with Crippen molar-refractivity contribution in [3.63, 3.8) is 0 Å². The molecule has 3 N–H and O–H groups in total. The number of primary amides is 1. The molecule has 4 nitrogen and oxygen atoms in total. The van der Waals surface area contributed by atoms with Crippen LogP contribution < -0.4 is 16.0 Å². The number of benzene rings is 1. The smallest absolute Gasteiger partial charge is 0.237 e. The Kier molecular flexibility index (Phi) is 4.85. The zero-order chi connectivity index (χ0) is 16.3. The molecule has 1 saturated carbocycles. The van der Waals surface area contributed by atoms with E-state index in [2.05, 4.69) is 10.2 Å². The lowest BCUT2D eigenvalue weighted by atomic mass is 9.80. The second-order valence-electron chi connectivity index (χ2n) is 6.86. The fourth-order valence-electron chi connectivity index (χ4n) is 3.98. The molecular weight excluding hydrogens is 293 g/mol. The van der Waals surface area contributed by atoms with Crippen molar-refractivity contribution in [2.75, 3.05) is 18.0 Å². The van der Waals surface area contributed by atoms with Crippen LogP contribution in [0.4, 0.5) is 10.1 Å². The Morgan fingerprint density at radius 1 is 1.17 bits per heavy atom. The Labute approximate surface area is 137 Å². The predicted molar refractivity (Wildman–Crippen MR) is 89.8 cm³/mol. The molecule has 1 aromatic rings. The maximum Gasteiger partial charge on any atom is 0.237 e. The van der Waals surface area contributed by atoms with E-state index < -0.39 is 5.54 Å². The van der Waals surface area contributed by atoms with E-state index in [-0.39, 0.29) is 17.8 Å². The van der Waals surface area contributed by atoms with Crippen LogP contribution in [0, 0.1) is 5.82 Å². The molecule has 1 heterocycles. The third-order valence-corrected chi connectivity index (χ3v) is 5.35. The van der Waals surface area contributed by atoms with E-state index in [1.54, 1.807) is 6.07 Å². The molecule has 0 aromatic heterocycles. The van der Waals surface area contributed by atoms with Crippen molar-refractivity contribution in [1.29, 1.82) is 0 Å². The summed E-state index contributed by atoms with van der Waals surface area (Å²) < 4.78 is 13.9. The average molecular weight is 319 g/mol. The highest BCUT2D eigenvalue weighted by Gasteiger charge is 2.39. The Bertz CT molecular complexity index is 549. The third kappa shape index (κ3) is 3.50. The van der Waals surface area contributed by atoms with E-state index in [0.29, 0.717) is 5.69 Å². The number of rotatable bonds is 4. The fraction of sp³-hybridized carbons (Fsp3) is 0.611. The lowest BCUT2D eigenvalue weighted by Gasteiger charge is -2.42. The monoisotopic (exact) mass is 319 g/mol. The largest absolute Gasteiger partial charge is 0.369 e. The molecule has 0 radical (unpaired) electrons. The number of halogens is 1. The fourth-order valence-corrected chi connectivity index (χ4v) is 3.98. The van der Waals surface area contributed by atoms with Gasteiger partial charge in [-0.05, 0) is 37.8 Å². The number of nitrogens with one attached hydrogen (secondary N) is 1. The quantitative estimate of drug-likeness (QED) is 0.897. The average Bonchev–Trinajstić information content (AvgIpc) is 2.57. The first-order chi connectivity index (χ1) is 11.1. The molecule has 1 aliphatic heterocycles. The van der Waals surface area contributed by atoms with Gasteiger partial charge in [-0.1, -0.05) is 31.4 Å². The Balaban J connectivity index is 1.60. The lowest BCUT2D eigenvalue weighted by Crippen LogP contribution is -2.61. The summed E-state index contributed by atoms with van der Waals surface area (Å²) in [6, 6.07) is 7.20. The van der Waals surface area contributed by atoms with E-state index in [0.717, 1.165) is 51.6 Å². The molecule has 2 fully saturated rings. The number of carbonyl (C=O) groups is 1.